The highest BCUT2D eigenvalue weighted by Crippen LogP contribution is 2.33. The van der Waals surface area contributed by atoms with Gasteiger partial charge in [0.25, 0.3) is 11.9 Å². The third-order valence-corrected chi connectivity index (χ3v) is 5.55. The van der Waals surface area contributed by atoms with E-state index in [0.717, 1.165) is 16.8 Å². The van der Waals surface area contributed by atoms with Crippen molar-refractivity contribution in [1.82, 2.24) is 14.8 Å². The van der Waals surface area contributed by atoms with Gasteiger partial charge in [0.05, 0.1) is 0 Å². The van der Waals surface area contributed by atoms with Crippen LogP contribution in [0.2, 0.25) is 5.02 Å². The van der Waals surface area contributed by atoms with Crippen molar-refractivity contribution in [3.63, 3.8) is 0 Å². The summed E-state index contributed by atoms with van der Waals surface area (Å²) < 4.78 is 1.78. The van der Waals surface area contributed by atoms with E-state index in [1.54, 1.807) is 16.8 Å². The van der Waals surface area contributed by atoms with Gasteiger partial charge in [-0.05, 0) is 48.4 Å². The minimum Gasteiger partial charge on any atom is -0.324 e. The van der Waals surface area contributed by atoms with E-state index in [1.807, 2.05) is 42.5 Å². The van der Waals surface area contributed by atoms with Gasteiger partial charge in [0, 0.05) is 16.3 Å². The molecule has 1 aliphatic rings. The molecule has 1 aliphatic heterocycles. The van der Waals surface area contributed by atoms with Gasteiger partial charge in [-0.1, -0.05) is 71.8 Å². The lowest BCUT2D eigenvalue weighted by molar-refractivity contribution is 0.102. The smallest absolute Gasteiger partial charge is 0.258 e. The lowest BCUT2D eigenvalue weighted by atomic mass is 10.0. The number of nitrogens with one attached hydrogen (secondary N) is 2. The van der Waals surface area contributed by atoms with Gasteiger partial charge in [-0.15, -0.1) is 5.10 Å². The topological polar surface area (TPSA) is 71.8 Å². The number of benzene rings is 3. The molecule has 32 heavy (non-hydrogen) atoms. The molecule has 5 rings (SSSR count). The van der Waals surface area contributed by atoms with Crippen LogP contribution in [0, 0.1) is 6.92 Å². The molecule has 3 aromatic carbocycles. The molecule has 0 spiro atoms. The fourth-order valence-corrected chi connectivity index (χ4v) is 3.73. The minimum atomic E-state index is -0.258. The number of allylic oxidation sites excluding steroid dienone is 1. The Labute approximate surface area is 190 Å². The number of amides is 1. The third kappa shape index (κ3) is 4.00. The Morgan fingerprint density at radius 2 is 1.72 bits per heavy atom. The molecule has 0 saturated carbocycles. The summed E-state index contributed by atoms with van der Waals surface area (Å²) in [5.41, 5.74) is 4.67. The molecule has 2 heterocycles. The Hall–Kier alpha value is -3.90. The lowest BCUT2D eigenvalue weighted by Gasteiger charge is -2.24. The summed E-state index contributed by atoms with van der Waals surface area (Å²) in [6.45, 7) is 2.05. The molecular formula is C25H20ClN5O. The van der Waals surface area contributed by atoms with E-state index in [0.29, 0.717) is 16.5 Å². The molecule has 1 atom stereocenters. The molecule has 1 aromatic heterocycles. The number of carbonyl (C=O) groups is 1. The van der Waals surface area contributed by atoms with E-state index >= 15 is 0 Å². The van der Waals surface area contributed by atoms with E-state index in [-0.39, 0.29) is 17.9 Å². The maximum Gasteiger partial charge on any atom is 0.258 e. The number of carbonyl (C=O) groups excluding carboxylic acids is 1. The number of nitrogens with zero attached hydrogens (tertiary/aromatic N) is 3. The highest BCUT2D eigenvalue weighted by atomic mass is 35.5. The fourth-order valence-electron chi connectivity index (χ4n) is 3.61. The molecule has 2 N–H and O–H groups in total. The first-order valence-corrected chi connectivity index (χ1v) is 10.6. The van der Waals surface area contributed by atoms with Gasteiger partial charge in [0.15, 0.2) is 0 Å². The van der Waals surface area contributed by atoms with Crippen molar-refractivity contribution in [3.8, 4) is 0 Å². The number of aryl methyl sites for hydroxylation is 1. The van der Waals surface area contributed by atoms with Gasteiger partial charge in [0.2, 0.25) is 5.95 Å². The van der Waals surface area contributed by atoms with Gasteiger partial charge in [-0.3, -0.25) is 10.1 Å². The van der Waals surface area contributed by atoms with Crippen molar-refractivity contribution >= 4 is 35.1 Å². The Balaban J connectivity index is 1.51. The number of hydrogen-bond donors (Lipinski definition) is 2. The molecule has 0 radical (unpaired) electrons. The Kier molecular flexibility index (Phi) is 5.21. The average molecular weight is 442 g/mol. The van der Waals surface area contributed by atoms with Crippen LogP contribution >= 0.6 is 11.6 Å². The number of anilines is 2. The van der Waals surface area contributed by atoms with Crippen LogP contribution in [-0.4, -0.2) is 20.7 Å². The first kappa shape index (κ1) is 20.0. The van der Waals surface area contributed by atoms with E-state index in [2.05, 4.69) is 58.0 Å². The van der Waals surface area contributed by atoms with Crippen LogP contribution in [0.25, 0.3) is 5.70 Å². The Morgan fingerprint density at radius 1 is 1.00 bits per heavy atom. The van der Waals surface area contributed by atoms with Gasteiger partial charge in [-0.25, -0.2) is 4.68 Å². The predicted octanol–water partition coefficient (Wildman–Crippen LogP) is 5.55. The molecule has 0 bridgehead atoms. The summed E-state index contributed by atoms with van der Waals surface area (Å²) in [6, 6.07) is 24.7. The van der Waals surface area contributed by atoms with Crippen molar-refractivity contribution in [2.24, 2.45) is 0 Å². The highest BCUT2D eigenvalue weighted by molar-refractivity contribution is 6.30. The zero-order chi connectivity index (χ0) is 22.1. The second-order valence-corrected chi connectivity index (χ2v) is 8.03. The van der Waals surface area contributed by atoms with Crippen LogP contribution in [0.1, 0.15) is 33.1 Å². The molecule has 1 amide bonds. The Morgan fingerprint density at radius 3 is 2.44 bits per heavy atom. The summed E-state index contributed by atoms with van der Waals surface area (Å²) in [7, 11) is 0. The standard InChI is InChI=1S/C25H20ClN5O/c1-16-7-9-18(10-8-16)22-15-21(17-11-13-20(26)14-12-17)27-25-29-24(30-31(22)25)28-23(32)19-5-3-2-4-6-19/h2-15,22H,1H3,(H2,27,28,29,30,32)/t22-/m1/s1. The first-order chi connectivity index (χ1) is 15.6. The van der Waals surface area contributed by atoms with Gasteiger partial charge in [0.1, 0.15) is 6.04 Å². The third-order valence-electron chi connectivity index (χ3n) is 5.30. The second kappa shape index (κ2) is 8.32. The van der Waals surface area contributed by atoms with Crippen molar-refractivity contribution in [2.45, 2.75) is 13.0 Å². The predicted molar refractivity (Wildman–Crippen MR) is 127 cm³/mol. The average Bonchev–Trinajstić information content (AvgIpc) is 3.22. The van der Waals surface area contributed by atoms with Crippen LogP contribution in [-0.2, 0) is 0 Å². The normalized spacial score (nSPS) is 14.8. The summed E-state index contributed by atoms with van der Waals surface area (Å²) >= 11 is 6.07. The molecule has 0 unspecified atom stereocenters. The van der Waals surface area contributed by atoms with Crippen molar-refractivity contribution in [2.75, 3.05) is 10.6 Å². The number of halogens is 1. The summed E-state index contributed by atoms with van der Waals surface area (Å²) in [5.74, 6) is 0.530. The Bertz CT molecular complexity index is 1290. The molecular weight excluding hydrogens is 422 g/mol. The van der Waals surface area contributed by atoms with Crippen LogP contribution in [0.5, 0.6) is 0 Å². The van der Waals surface area contributed by atoms with Gasteiger partial charge >= 0.3 is 0 Å². The quantitative estimate of drug-likeness (QED) is 0.435. The van der Waals surface area contributed by atoms with E-state index < -0.39 is 0 Å². The van der Waals surface area contributed by atoms with Gasteiger partial charge < -0.3 is 5.32 Å². The summed E-state index contributed by atoms with van der Waals surface area (Å²) in [5, 5.41) is 11.4. The van der Waals surface area contributed by atoms with Crippen molar-refractivity contribution in [1.29, 1.82) is 0 Å². The van der Waals surface area contributed by atoms with Gasteiger partial charge in [-0.2, -0.15) is 4.98 Å². The molecule has 6 nitrogen and oxygen atoms in total. The van der Waals surface area contributed by atoms with Crippen LogP contribution in [0.4, 0.5) is 11.9 Å². The number of fused-ring (bicyclic) bond motifs is 1. The maximum atomic E-state index is 12.6. The molecule has 0 saturated heterocycles. The first-order valence-electron chi connectivity index (χ1n) is 10.2. The van der Waals surface area contributed by atoms with Crippen molar-refractivity contribution in [3.05, 3.63) is 112 Å². The lowest BCUT2D eigenvalue weighted by Crippen LogP contribution is -2.20. The zero-order valence-electron chi connectivity index (χ0n) is 17.3. The summed E-state index contributed by atoms with van der Waals surface area (Å²) in [4.78, 5) is 17.1. The maximum absolute atomic E-state index is 12.6. The van der Waals surface area contributed by atoms with Crippen LogP contribution in [0.3, 0.4) is 0 Å². The monoisotopic (exact) mass is 441 g/mol. The second-order valence-electron chi connectivity index (χ2n) is 7.59. The molecule has 7 heteroatoms. The van der Waals surface area contributed by atoms with E-state index in [4.69, 9.17) is 11.6 Å². The number of aromatic nitrogens is 3. The van der Waals surface area contributed by atoms with E-state index in [1.165, 1.54) is 5.56 Å². The highest BCUT2D eigenvalue weighted by Gasteiger charge is 2.26. The molecule has 4 aromatic rings. The van der Waals surface area contributed by atoms with Crippen molar-refractivity contribution < 1.29 is 4.79 Å². The van der Waals surface area contributed by atoms with Crippen LogP contribution < -0.4 is 10.6 Å². The fraction of sp³-hybridized carbons (Fsp3) is 0.0800. The zero-order valence-corrected chi connectivity index (χ0v) is 18.0. The largest absolute Gasteiger partial charge is 0.324 e. The molecule has 0 fully saturated rings. The van der Waals surface area contributed by atoms with E-state index in [9.17, 15) is 4.79 Å². The minimum absolute atomic E-state index is 0.188. The number of rotatable bonds is 4. The SMILES string of the molecule is Cc1ccc([C@H]2C=C(c3ccc(Cl)cc3)Nc3nc(NC(=O)c4ccccc4)nn32)cc1. The number of hydrogen-bond acceptors (Lipinski definition) is 4. The summed E-state index contributed by atoms with van der Waals surface area (Å²) in [6.07, 6.45) is 2.10. The van der Waals surface area contributed by atoms with Crippen LogP contribution in [0.15, 0.2) is 84.9 Å². The molecule has 0 aliphatic carbocycles. The molecule has 158 valence electrons.